The quantitative estimate of drug-likeness (QED) is 0.419. The van der Waals surface area contributed by atoms with Crippen molar-refractivity contribution in [3.63, 3.8) is 0 Å². The van der Waals surface area contributed by atoms with Gasteiger partial charge in [-0.1, -0.05) is 30.7 Å². The maximum Gasteiger partial charge on any atom is 0.150 e. The maximum atomic E-state index is 10.1. The molecule has 5 nitrogen and oxygen atoms in total. The van der Waals surface area contributed by atoms with E-state index in [1.807, 2.05) is 43.3 Å². The molecule has 2 unspecified atom stereocenters. The molecule has 3 aromatic carbocycles. The lowest BCUT2D eigenvalue weighted by atomic mass is 9.86. The minimum absolute atomic E-state index is 0.195. The van der Waals surface area contributed by atoms with E-state index in [1.54, 1.807) is 30.3 Å². The summed E-state index contributed by atoms with van der Waals surface area (Å²) in [6.07, 6.45) is 4.46. The molecule has 2 aliphatic heterocycles. The zero-order valence-corrected chi connectivity index (χ0v) is 19.5. The van der Waals surface area contributed by atoms with Gasteiger partial charge in [-0.2, -0.15) is 0 Å². The van der Waals surface area contributed by atoms with E-state index >= 15 is 0 Å². The molecule has 1 saturated heterocycles. The van der Waals surface area contributed by atoms with Crippen molar-refractivity contribution in [3.8, 4) is 23.0 Å². The Bertz CT molecular complexity index is 1180. The van der Waals surface area contributed by atoms with Crippen LogP contribution in [-0.2, 0) is 0 Å². The Hall–Kier alpha value is -3.44. The third-order valence-electron chi connectivity index (χ3n) is 6.77. The molecule has 176 valence electrons. The van der Waals surface area contributed by atoms with Crippen LogP contribution in [0, 0.1) is 0 Å². The van der Waals surface area contributed by atoms with Gasteiger partial charge in [-0.3, -0.25) is 0 Å². The van der Waals surface area contributed by atoms with Gasteiger partial charge in [0, 0.05) is 17.2 Å². The van der Waals surface area contributed by atoms with E-state index in [4.69, 9.17) is 9.47 Å². The van der Waals surface area contributed by atoms with Gasteiger partial charge in [0.2, 0.25) is 0 Å². The molecule has 2 aliphatic rings. The fraction of sp³-hybridized carbons (Fsp3) is 0.310. The molecule has 0 amide bonds. The number of aromatic hydroxyl groups is 2. The summed E-state index contributed by atoms with van der Waals surface area (Å²) in [5, 5.41) is 23.7. The first-order valence-electron chi connectivity index (χ1n) is 12.0. The number of allylic oxidation sites excluding steroid dienone is 1. The summed E-state index contributed by atoms with van der Waals surface area (Å²) in [6.45, 7) is 3.84. The van der Waals surface area contributed by atoms with Crippen molar-refractivity contribution in [3.05, 3.63) is 83.4 Å². The SMILES string of the molecule is CC1=C(c2cccc(O)c2)C(c2ccc(OCCC3CCCCN3)cc2)Oc2ccc(O)cc21. The standard InChI is InChI=1S/C29H31NO4/c1-19-26-18-24(32)10-13-27(26)34-29(28(19)21-5-4-7-23(31)17-21)20-8-11-25(12-9-20)33-16-14-22-6-2-3-15-30-22/h4-5,7-13,17-18,22,29-32H,2-3,6,14-16H2,1H3. The van der Waals surface area contributed by atoms with Gasteiger partial charge in [-0.25, -0.2) is 0 Å². The molecule has 0 aromatic heterocycles. The molecule has 0 saturated carbocycles. The monoisotopic (exact) mass is 457 g/mol. The summed E-state index contributed by atoms with van der Waals surface area (Å²) in [5.74, 6) is 1.97. The highest BCUT2D eigenvalue weighted by atomic mass is 16.5. The summed E-state index contributed by atoms with van der Waals surface area (Å²) in [4.78, 5) is 0. The van der Waals surface area contributed by atoms with E-state index in [9.17, 15) is 10.2 Å². The van der Waals surface area contributed by atoms with Gasteiger partial charge in [-0.05, 0) is 91.9 Å². The average Bonchev–Trinajstić information content (AvgIpc) is 2.85. The van der Waals surface area contributed by atoms with E-state index in [-0.39, 0.29) is 17.6 Å². The van der Waals surface area contributed by atoms with Gasteiger partial charge in [0.15, 0.2) is 0 Å². The lowest BCUT2D eigenvalue weighted by Crippen LogP contribution is -2.35. The van der Waals surface area contributed by atoms with Gasteiger partial charge >= 0.3 is 0 Å². The molecule has 3 aromatic rings. The van der Waals surface area contributed by atoms with Gasteiger partial charge in [0.1, 0.15) is 29.1 Å². The van der Waals surface area contributed by atoms with Crippen LogP contribution in [0.25, 0.3) is 11.1 Å². The summed E-state index contributed by atoms with van der Waals surface area (Å²) < 4.78 is 12.5. The van der Waals surface area contributed by atoms with Crippen LogP contribution in [0.4, 0.5) is 0 Å². The Kier molecular flexibility index (Phi) is 6.45. The summed E-state index contributed by atoms with van der Waals surface area (Å²) in [6, 6.07) is 21.0. The average molecular weight is 458 g/mol. The molecular formula is C29H31NO4. The highest BCUT2D eigenvalue weighted by Gasteiger charge is 2.29. The first-order chi connectivity index (χ1) is 16.6. The Balaban J connectivity index is 1.40. The molecule has 1 fully saturated rings. The van der Waals surface area contributed by atoms with Crippen LogP contribution in [0.2, 0.25) is 0 Å². The number of ether oxygens (including phenoxy) is 2. The third-order valence-corrected chi connectivity index (χ3v) is 6.77. The third kappa shape index (κ3) is 4.75. The smallest absolute Gasteiger partial charge is 0.150 e. The molecular weight excluding hydrogens is 426 g/mol. The number of hydrogen-bond acceptors (Lipinski definition) is 5. The second-order valence-electron chi connectivity index (χ2n) is 9.12. The fourth-order valence-electron chi connectivity index (χ4n) is 4.95. The van der Waals surface area contributed by atoms with E-state index in [2.05, 4.69) is 5.32 Å². The maximum absolute atomic E-state index is 10.1. The second-order valence-corrected chi connectivity index (χ2v) is 9.12. The Morgan fingerprint density at radius 1 is 0.971 bits per heavy atom. The number of nitrogens with one attached hydrogen (secondary N) is 1. The lowest BCUT2D eigenvalue weighted by molar-refractivity contribution is 0.258. The van der Waals surface area contributed by atoms with Crippen molar-refractivity contribution in [1.82, 2.24) is 5.32 Å². The van der Waals surface area contributed by atoms with Crippen LogP contribution in [0.5, 0.6) is 23.0 Å². The van der Waals surface area contributed by atoms with Crippen molar-refractivity contribution in [1.29, 1.82) is 0 Å². The van der Waals surface area contributed by atoms with Crippen LogP contribution in [-0.4, -0.2) is 29.4 Å². The predicted octanol–water partition coefficient (Wildman–Crippen LogP) is 6.07. The first kappa shape index (κ1) is 22.4. The normalized spacial score (nSPS) is 19.9. The first-order valence-corrected chi connectivity index (χ1v) is 12.0. The van der Waals surface area contributed by atoms with Crippen molar-refractivity contribution < 1.29 is 19.7 Å². The van der Waals surface area contributed by atoms with Gasteiger partial charge in [0.05, 0.1) is 6.61 Å². The summed E-state index contributed by atoms with van der Waals surface area (Å²) in [5.41, 5.74) is 4.71. The predicted molar refractivity (Wildman–Crippen MR) is 134 cm³/mol. The number of phenols is 2. The van der Waals surface area contributed by atoms with Crippen molar-refractivity contribution in [2.75, 3.05) is 13.2 Å². The largest absolute Gasteiger partial charge is 0.508 e. The van der Waals surface area contributed by atoms with E-state index < -0.39 is 0 Å². The number of piperidine rings is 1. The number of phenolic OH excluding ortho intramolecular Hbond substituents is 2. The molecule has 0 aliphatic carbocycles. The molecule has 5 rings (SSSR count). The molecule has 34 heavy (non-hydrogen) atoms. The van der Waals surface area contributed by atoms with E-state index in [1.165, 1.54) is 19.3 Å². The van der Waals surface area contributed by atoms with Crippen molar-refractivity contribution in [2.45, 2.75) is 44.8 Å². The number of rotatable bonds is 6. The highest BCUT2D eigenvalue weighted by Crippen LogP contribution is 2.47. The van der Waals surface area contributed by atoms with Gasteiger partial charge in [-0.15, -0.1) is 0 Å². The zero-order valence-electron chi connectivity index (χ0n) is 19.5. The summed E-state index contributed by atoms with van der Waals surface area (Å²) in [7, 11) is 0. The van der Waals surface area contributed by atoms with Crippen LogP contribution in [0.15, 0.2) is 66.7 Å². The fourth-order valence-corrected chi connectivity index (χ4v) is 4.95. The van der Waals surface area contributed by atoms with Crippen LogP contribution in [0.3, 0.4) is 0 Å². The topological polar surface area (TPSA) is 71.0 Å². The lowest BCUT2D eigenvalue weighted by Gasteiger charge is -2.31. The molecule has 0 spiro atoms. The molecule has 3 N–H and O–H groups in total. The van der Waals surface area contributed by atoms with Crippen molar-refractivity contribution >= 4 is 11.1 Å². The number of fused-ring (bicyclic) bond motifs is 1. The number of hydrogen-bond donors (Lipinski definition) is 3. The molecule has 2 heterocycles. The van der Waals surface area contributed by atoms with Crippen LogP contribution < -0.4 is 14.8 Å². The van der Waals surface area contributed by atoms with Gasteiger partial charge < -0.3 is 25.0 Å². The highest BCUT2D eigenvalue weighted by molar-refractivity contribution is 5.95. The molecule has 2 atom stereocenters. The zero-order chi connectivity index (χ0) is 23.5. The van der Waals surface area contributed by atoms with Gasteiger partial charge in [0.25, 0.3) is 0 Å². The van der Waals surface area contributed by atoms with E-state index in [0.717, 1.165) is 52.3 Å². The molecule has 0 bridgehead atoms. The molecule has 5 heteroatoms. The Morgan fingerprint density at radius 3 is 2.56 bits per heavy atom. The van der Waals surface area contributed by atoms with Crippen LogP contribution >= 0.6 is 0 Å². The summed E-state index contributed by atoms with van der Waals surface area (Å²) >= 11 is 0. The molecule has 0 radical (unpaired) electrons. The van der Waals surface area contributed by atoms with E-state index in [0.29, 0.717) is 12.6 Å². The van der Waals surface area contributed by atoms with Crippen molar-refractivity contribution in [2.24, 2.45) is 0 Å². The Labute approximate surface area is 200 Å². The minimum Gasteiger partial charge on any atom is -0.508 e. The second kappa shape index (κ2) is 9.82. The van der Waals surface area contributed by atoms with Crippen LogP contribution in [0.1, 0.15) is 55.4 Å². The number of benzene rings is 3. The minimum atomic E-state index is -0.348. The Morgan fingerprint density at radius 2 is 1.79 bits per heavy atom.